The van der Waals surface area contributed by atoms with Gasteiger partial charge in [-0.05, 0) is 19.7 Å². The van der Waals surface area contributed by atoms with Gasteiger partial charge in [0.15, 0.2) is 5.16 Å². The molecule has 1 amide bonds. The van der Waals surface area contributed by atoms with Crippen molar-refractivity contribution in [3.05, 3.63) is 46.4 Å². The highest BCUT2D eigenvalue weighted by molar-refractivity contribution is 7.99. The monoisotopic (exact) mass is 335 g/mol. The van der Waals surface area contributed by atoms with Gasteiger partial charge in [-0.25, -0.2) is 9.89 Å². The van der Waals surface area contributed by atoms with E-state index in [1.165, 1.54) is 16.3 Å². The fraction of sp³-hybridized carbons (Fsp3) is 0.400. The summed E-state index contributed by atoms with van der Waals surface area (Å²) in [6.07, 6.45) is 0. The molecular formula is C15H21N5O2S. The molecule has 0 aliphatic rings. The highest BCUT2D eigenvalue weighted by Crippen LogP contribution is 2.17. The lowest BCUT2D eigenvalue weighted by Gasteiger charge is -2.25. The summed E-state index contributed by atoms with van der Waals surface area (Å²) in [4.78, 5) is 25.3. The quantitative estimate of drug-likeness (QED) is 0.725. The molecule has 23 heavy (non-hydrogen) atoms. The van der Waals surface area contributed by atoms with Gasteiger partial charge < -0.3 is 10.2 Å². The Morgan fingerprint density at radius 1 is 1.39 bits per heavy atom. The first-order valence-corrected chi connectivity index (χ1v) is 8.20. The van der Waals surface area contributed by atoms with Crippen molar-refractivity contribution in [1.82, 2.24) is 25.0 Å². The van der Waals surface area contributed by atoms with Gasteiger partial charge in [-0.3, -0.25) is 9.36 Å². The molecule has 0 saturated heterocycles. The van der Waals surface area contributed by atoms with Gasteiger partial charge >= 0.3 is 5.69 Å². The highest BCUT2D eigenvalue weighted by Gasteiger charge is 2.15. The number of H-pyrrole nitrogens is 1. The number of carbonyl (C=O) groups excluding carboxylic acids is 1. The number of thioether (sulfide) groups is 1. The Kier molecular flexibility index (Phi) is 6.00. The number of carbonyl (C=O) groups is 1. The third kappa shape index (κ3) is 4.70. The SMILES string of the molecule is CN(C)[C@H](CNC(=O)CSc1n[nH]c(=O)n1C)c1ccccc1. The first-order chi connectivity index (χ1) is 11.0. The van der Waals surface area contributed by atoms with Crippen LogP contribution in [0.2, 0.25) is 0 Å². The molecule has 0 aliphatic carbocycles. The van der Waals surface area contributed by atoms with Crippen LogP contribution in [0.5, 0.6) is 0 Å². The standard InChI is InChI=1S/C15H21N5O2S/c1-19(2)12(11-7-5-4-6-8-11)9-16-13(21)10-23-15-18-17-14(22)20(15)3/h4-8,12H,9-10H2,1-3H3,(H,16,21)(H,17,22)/t12-/m1/s1. The Morgan fingerprint density at radius 2 is 2.09 bits per heavy atom. The Hall–Kier alpha value is -2.06. The van der Waals surface area contributed by atoms with Crippen molar-refractivity contribution in [2.75, 3.05) is 26.4 Å². The largest absolute Gasteiger partial charge is 0.353 e. The zero-order chi connectivity index (χ0) is 16.8. The van der Waals surface area contributed by atoms with E-state index in [0.717, 1.165) is 5.56 Å². The van der Waals surface area contributed by atoms with Gasteiger partial charge in [0.2, 0.25) is 5.91 Å². The van der Waals surface area contributed by atoms with Gasteiger partial charge in [-0.1, -0.05) is 42.1 Å². The van der Waals surface area contributed by atoms with Crippen LogP contribution in [-0.4, -0.2) is 52.0 Å². The summed E-state index contributed by atoms with van der Waals surface area (Å²) in [5.74, 6) is 0.126. The molecule has 8 heteroatoms. The third-order valence-electron chi connectivity index (χ3n) is 3.47. The lowest BCUT2D eigenvalue weighted by atomic mass is 10.1. The van der Waals surface area contributed by atoms with E-state index in [2.05, 4.69) is 20.4 Å². The number of rotatable bonds is 7. The zero-order valence-electron chi connectivity index (χ0n) is 13.4. The number of benzene rings is 1. The highest BCUT2D eigenvalue weighted by atomic mass is 32.2. The molecule has 0 spiro atoms. The lowest BCUT2D eigenvalue weighted by molar-refractivity contribution is -0.118. The minimum absolute atomic E-state index is 0.0896. The minimum atomic E-state index is -0.287. The number of hydrogen-bond acceptors (Lipinski definition) is 5. The van der Waals surface area contributed by atoms with Crippen LogP contribution in [0.3, 0.4) is 0 Å². The van der Waals surface area contributed by atoms with Gasteiger partial charge in [-0.2, -0.15) is 0 Å². The summed E-state index contributed by atoms with van der Waals surface area (Å²) < 4.78 is 1.38. The minimum Gasteiger partial charge on any atom is -0.353 e. The summed E-state index contributed by atoms with van der Waals surface area (Å²) in [7, 11) is 5.58. The van der Waals surface area contributed by atoms with E-state index in [1.54, 1.807) is 7.05 Å². The van der Waals surface area contributed by atoms with Gasteiger partial charge in [0, 0.05) is 13.6 Å². The molecule has 7 nitrogen and oxygen atoms in total. The number of likely N-dealkylation sites (N-methyl/N-ethyl adjacent to an activating group) is 1. The van der Waals surface area contributed by atoms with E-state index in [0.29, 0.717) is 11.7 Å². The second-order valence-corrected chi connectivity index (χ2v) is 6.30. The van der Waals surface area contributed by atoms with Gasteiger partial charge in [0.05, 0.1) is 11.8 Å². The van der Waals surface area contributed by atoms with Crippen LogP contribution in [0.15, 0.2) is 40.3 Å². The summed E-state index contributed by atoms with van der Waals surface area (Å²) in [5.41, 5.74) is 0.866. The Bertz CT molecular complexity index is 695. The van der Waals surface area contributed by atoms with Crippen molar-refractivity contribution in [2.24, 2.45) is 7.05 Å². The normalized spacial score (nSPS) is 12.3. The predicted molar refractivity (Wildman–Crippen MR) is 90.4 cm³/mol. The molecule has 2 rings (SSSR count). The second kappa shape index (κ2) is 7.98. The number of aromatic nitrogens is 3. The number of amides is 1. The first-order valence-electron chi connectivity index (χ1n) is 7.21. The molecule has 1 aromatic heterocycles. The summed E-state index contributed by atoms with van der Waals surface area (Å²) in [6, 6.07) is 10.2. The summed E-state index contributed by atoms with van der Waals surface area (Å²) >= 11 is 1.23. The predicted octanol–water partition coefficient (Wildman–Crippen LogP) is 0.620. The molecule has 1 aromatic carbocycles. The first kappa shape index (κ1) is 17.3. The Labute approximate surface area is 139 Å². The van der Waals surface area contributed by atoms with Gasteiger partial charge in [-0.15, -0.1) is 5.10 Å². The molecule has 124 valence electrons. The van der Waals surface area contributed by atoms with Crippen molar-refractivity contribution in [2.45, 2.75) is 11.2 Å². The zero-order valence-corrected chi connectivity index (χ0v) is 14.3. The molecule has 1 atom stereocenters. The van der Waals surface area contributed by atoms with Crippen LogP contribution >= 0.6 is 11.8 Å². The molecule has 0 bridgehead atoms. The van der Waals surface area contributed by atoms with Crippen molar-refractivity contribution in [3.63, 3.8) is 0 Å². The maximum absolute atomic E-state index is 12.0. The molecule has 0 aliphatic heterocycles. The molecule has 2 aromatic rings. The molecule has 1 heterocycles. The third-order valence-corrected chi connectivity index (χ3v) is 4.50. The van der Waals surface area contributed by atoms with E-state index >= 15 is 0 Å². The fourth-order valence-electron chi connectivity index (χ4n) is 2.13. The van der Waals surface area contributed by atoms with Crippen LogP contribution in [0.25, 0.3) is 0 Å². The van der Waals surface area contributed by atoms with Crippen LogP contribution in [0.1, 0.15) is 11.6 Å². The lowest BCUT2D eigenvalue weighted by Crippen LogP contribution is -2.35. The van der Waals surface area contributed by atoms with E-state index in [4.69, 9.17) is 0 Å². The van der Waals surface area contributed by atoms with E-state index in [1.807, 2.05) is 44.4 Å². The second-order valence-electron chi connectivity index (χ2n) is 5.35. The van der Waals surface area contributed by atoms with Gasteiger partial charge in [0.1, 0.15) is 0 Å². The average Bonchev–Trinajstić information content (AvgIpc) is 2.85. The van der Waals surface area contributed by atoms with E-state index < -0.39 is 0 Å². The number of nitrogens with one attached hydrogen (secondary N) is 2. The van der Waals surface area contributed by atoms with E-state index in [9.17, 15) is 9.59 Å². The smallest absolute Gasteiger partial charge is 0.343 e. The van der Waals surface area contributed by atoms with Crippen LogP contribution in [-0.2, 0) is 11.8 Å². The summed E-state index contributed by atoms with van der Waals surface area (Å²) in [5, 5.41) is 9.63. The van der Waals surface area contributed by atoms with Crippen molar-refractivity contribution in [3.8, 4) is 0 Å². The number of aromatic amines is 1. The topological polar surface area (TPSA) is 83.0 Å². The van der Waals surface area contributed by atoms with Crippen molar-refractivity contribution < 1.29 is 4.79 Å². The van der Waals surface area contributed by atoms with Crippen LogP contribution in [0, 0.1) is 0 Å². The average molecular weight is 335 g/mol. The molecule has 0 saturated carbocycles. The van der Waals surface area contributed by atoms with Crippen LogP contribution in [0.4, 0.5) is 0 Å². The molecule has 0 radical (unpaired) electrons. The molecule has 0 fully saturated rings. The van der Waals surface area contributed by atoms with Gasteiger partial charge in [0.25, 0.3) is 0 Å². The maximum atomic E-state index is 12.0. The number of hydrogen-bond donors (Lipinski definition) is 2. The Balaban J connectivity index is 1.87. The fourth-order valence-corrected chi connectivity index (χ4v) is 2.88. The van der Waals surface area contributed by atoms with Crippen molar-refractivity contribution in [1.29, 1.82) is 0 Å². The molecule has 0 unspecified atom stereocenters. The maximum Gasteiger partial charge on any atom is 0.343 e. The Morgan fingerprint density at radius 3 is 2.65 bits per heavy atom. The molecular weight excluding hydrogens is 314 g/mol. The molecule has 2 N–H and O–H groups in total. The van der Waals surface area contributed by atoms with Crippen molar-refractivity contribution >= 4 is 17.7 Å². The summed E-state index contributed by atoms with van der Waals surface area (Å²) in [6.45, 7) is 0.524. The number of nitrogens with zero attached hydrogens (tertiary/aromatic N) is 3. The van der Waals surface area contributed by atoms with E-state index in [-0.39, 0.29) is 23.4 Å². The van der Waals surface area contributed by atoms with Crippen LogP contribution < -0.4 is 11.0 Å².